The molecule has 0 bridgehead atoms. The molecule has 128 valence electrons. The lowest BCUT2D eigenvalue weighted by atomic mass is 10.1. The van der Waals surface area contributed by atoms with Crippen LogP contribution in [0.3, 0.4) is 0 Å². The summed E-state index contributed by atoms with van der Waals surface area (Å²) in [7, 11) is 5.55. The molecule has 2 aromatic rings. The zero-order valence-corrected chi connectivity index (χ0v) is 15.7. The van der Waals surface area contributed by atoms with Crippen LogP contribution in [0.2, 0.25) is 0 Å². The molecular weight excluding hydrogens is 384 g/mol. The van der Waals surface area contributed by atoms with Crippen LogP contribution in [-0.2, 0) is 9.53 Å². The van der Waals surface area contributed by atoms with Crippen molar-refractivity contribution < 1.29 is 14.3 Å². The number of hydrogen-bond donors (Lipinski definition) is 0. The van der Waals surface area contributed by atoms with Crippen LogP contribution in [0, 0.1) is 0 Å². The van der Waals surface area contributed by atoms with Gasteiger partial charge in [0.1, 0.15) is 5.75 Å². The number of carbonyl (C=O) groups excluding carboxylic acids is 1. The highest BCUT2D eigenvalue weighted by atomic mass is 79.9. The van der Waals surface area contributed by atoms with Gasteiger partial charge in [0.05, 0.1) is 12.7 Å². The molecule has 0 amide bonds. The van der Waals surface area contributed by atoms with Crippen LogP contribution in [0.15, 0.2) is 57.6 Å². The molecule has 0 N–H and O–H groups in total. The van der Waals surface area contributed by atoms with E-state index in [0.717, 1.165) is 15.7 Å². The van der Waals surface area contributed by atoms with Crippen molar-refractivity contribution in [1.82, 2.24) is 0 Å². The number of esters is 1. The second kappa shape index (κ2) is 7.11. The quantitative estimate of drug-likeness (QED) is 0.577. The zero-order chi connectivity index (χ0) is 18.0. The van der Waals surface area contributed by atoms with Crippen LogP contribution in [0.1, 0.15) is 11.1 Å². The van der Waals surface area contributed by atoms with E-state index in [0.29, 0.717) is 11.3 Å². The summed E-state index contributed by atoms with van der Waals surface area (Å²) in [6.45, 7) is 0. The van der Waals surface area contributed by atoms with Crippen molar-refractivity contribution in [2.24, 2.45) is 4.99 Å². The molecule has 5 nitrogen and oxygen atoms in total. The lowest BCUT2D eigenvalue weighted by Crippen LogP contribution is -2.08. The normalized spacial score (nSPS) is 15.1. The third kappa shape index (κ3) is 3.74. The Labute approximate surface area is 154 Å². The van der Waals surface area contributed by atoms with Crippen molar-refractivity contribution in [1.29, 1.82) is 0 Å². The van der Waals surface area contributed by atoms with E-state index in [1.54, 1.807) is 31.4 Å². The van der Waals surface area contributed by atoms with Crippen LogP contribution in [0.4, 0.5) is 5.69 Å². The first-order valence-electron chi connectivity index (χ1n) is 7.62. The van der Waals surface area contributed by atoms with E-state index in [4.69, 9.17) is 9.47 Å². The van der Waals surface area contributed by atoms with Crippen LogP contribution in [0.5, 0.6) is 5.75 Å². The summed E-state index contributed by atoms with van der Waals surface area (Å²) in [6, 6.07) is 13.2. The molecule has 0 aromatic heterocycles. The number of hydrogen-bond acceptors (Lipinski definition) is 5. The fourth-order valence-electron chi connectivity index (χ4n) is 2.35. The van der Waals surface area contributed by atoms with Crippen molar-refractivity contribution in [2.45, 2.75) is 0 Å². The first-order valence-corrected chi connectivity index (χ1v) is 8.41. The SMILES string of the molecule is COc1ccc(C2=NC(=Cc3ccc(N(C)C)cc3)C(=O)O2)c(Br)c1. The highest BCUT2D eigenvalue weighted by Gasteiger charge is 2.25. The zero-order valence-electron chi connectivity index (χ0n) is 14.1. The van der Waals surface area contributed by atoms with Crippen LogP contribution in [-0.4, -0.2) is 33.1 Å². The predicted octanol–water partition coefficient (Wildman–Crippen LogP) is 3.87. The molecule has 0 unspecified atom stereocenters. The summed E-state index contributed by atoms with van der Waals surface area (Å²) < 4.78 is 11.2. The largest absolute Gasteiger partial charge is 0.497 e. The molecule has 0 aliphatic carbocycles. The monoisotopic (exact) mass is 400 g/mol. The maximum absolute atomic E-state index is 12.1. The fraction of sp³-hybridized carbons (Fsp3) is 0.158. The van der Waals surface area contributed by atoms with Crippen LogP contribution < -0.4 is 9.64 Å². The molecule has 0 radical (unpaired) electrons. The van der Waals surface area contributed by atoms with Gasteiger partial charge >= 0.3 is 5.97 Å². The number of nitrogens with zero attached hydrogens (tertiary/aromatic N) is 2. The Bertz CT molecular complexity index is 871. The molecule has 0 saturated heterocycles. The second-order valence-electron chi connectivity index (χ2n) is 5.67. The Morgan fingerprint density at radius 3 is 2.48 bits per heavy atom. The highest BCUT2D eigenvalue weighted by molar-refractivity contribution is 9.10. The van der Waals surface area contributed by atoms with Crippen molar-refractivity contribution in [3.05, 3.63) is 63.8 Å². The van der Waals surface area contributed by atoms with E-state index in [2.05, 4.69) is 20.9 Å². The number of aliphatic imine (C=N–C) groups is 1. The van der Waals surface area contributed by atoms with E-state index < -0.39 is 5.97 Å². The maximum atomic E-state index is 12.1. The maximum Gasteiger partial charge on any atom is 0.363 e. The van der Waals surface area contributed by atoms with Gasteiger partial charge in [-0.25, -0.2) is 9.79 Å². The van der Waals surface area contributed by atoms with Gasteiger partial charge in [-0.2, -0.15) is 0 Å². The minimum Gasteiger partial charge on any atom is -0.497 e. The fourth-order valence-corrected chi connectivity index (χ4v) is 2.87. The van der Waals surface area contributed by atoms with Gasteiger partial charge in [0.2, 0.25) is 5.90 Å². The first kappa shape index (κ1) is 17.2. The molecule has 0 saturated carbocycles. The van der Waals surface area contributed by atoms with E-state index in [1.165, 1.54) is 0 Å². The number of benzene rings is 2. The van der Waals surface area contributed by atoms with Crippen molar-refractivity contribution in [3.8, 4) is 5.75 Å². The van der Waals surface area contributed by atoms with E-state index in [-0.39, 0.29) is 11.6 Å². The number of rotatable bonds is 4. The molecule has 0 atom stereocenters. The van der Waals surface area contributed by atoms with Crippen molar-refractivity contribution in [2.75, 3.05) is 26.1 Å². The number of carbonyl (C=O) groups is 1. The van der Waals surface area contributed by atoms with Gasteiger partial charge in [-0.15, -0.1) is 0 Å². The number of ether oxygens (including phenoxy) is 2. The molecule has 2 aromatic carbocycles. The molecule has 1 aliphatic rings. The Morgan fingerprint density at radius 1 is 1.16 bits per heavy atom. The van der Waals surface area contributed by atoms with Gasteiger partial charge in [0, 0.05) is 24.3 Å². The number of halogens is 1. The molecule has 25 heavy (non-hydrogen) atoms. The third-order valence-electron chi connectivity index (χ3n) is 3.74. The van der Waals surface area contributed by atoms with Crippen molar-refractivity contribution >= 4 is 39.6 Å². The smallest absolute Gasteiger partial charge is 0.363 e. The summed E-state index contributed by atoms with van der Waals surface area (Å²) in [4.78, 5) is 18.5. The minimum absolute atomic E-state index is 0.273. The molecule has 6 heteroatoms. The second-order valence-corrected chi connectivity index (χ2v) is 6.52. The standard InChI is InChI=1S/C19H17BrN2O3/c1-22(2)13-6-4-12(5-7-13)10-17-19(23)25-18(21-17)15-9-8-14(24-3)11-16(15)20/h4-11H,1-3H3. The molecular formula is C19H17BrN2O3. The van der Waals surface area contributed by atoms with Gasteiger partial charge in [0.25, 0.3) is 0 Å². The molecule has 0 spiro atoms. The minimum atomic E-state index is -0.464. The number of cyclic esters (lactones) is 1. The summed E-state index contributed by atoms with van der Waals surface area (Å²) in [5.74, 6) is 0.516. The highest BCUT2D eigenvalue weighted by Crippen LogP contribution is 2.27. The molecule has 1 heterocycles. The van der Waals surface area contributed by atoms with Gasteiger partial charge < -0.3 is 14.4 Å². The summed E-state index contributed by atoms with van der Waals surface area (Å²) in [5, 5.41) is 0. The Kier molecular flexibility index (Phi) is 4.90. The van der Waals surface area contributed by atoms with Crippen molar-refractivity contribution in [3.63, 3.8) is 0 Å². The lowest BCUT2D eigenvalue weighted by molar-refractivity contribution is -0.129. The average Bonchev–Trinajstić information content (AvgIpc) is 2.95. The predicted molar refractivity (Wildman–Crippen MR) is 102 cm³/mol. The first-order chi connectivity index (χ1) is 12.0. The van der Waals surface area contributed by atoms with E-state index in [1.807, 2.05) is 43.3 Å². The topological polar surface area (TPSA) is 51.1 Å². The van der Waals surface area contributed by atoms with Gasteiger partial charge in [-0.05, 0) is 57.9 Å². The Hall–Kier alpha value is -2.60. The average molecular weight is 401 g/mol. The molecule has 0 fully saturated rings. The summed E-state index contributed by atoms with van der Waals surface area (Å²) in [5.41, 5.74) is 2.94. The third-order valence-corrected chi connectivity index (χ3v) is 4.40. The number of methoxy groups -OCH3 is 1. The molecule has 3 rings (SSSR count). The Balaban J connectivity index is 1.89. The van der Waals surface area contributed by atoms with Crippen LogP contribution >= 0.6 is 15.9 Å². The lowest BCUT2D eigenvalue weighted by Gasteiger charge is -2.11. The van der Waals surface area contributed by atoms with Gasteiger partial charge in [0.15, 0.2) is 5.70 Å². The van der Waals surface area contributed by atoms with Gasteiger partial charge in [-0.1, -0.05) is 12.1 Å². The molecule has 1 aliphatic heterocycles. The van der Waals surface area contributed by atoms with E-state index >= 15 is 0 Å². The van der Waals surface area contributed by atoms with E-state index in [9.17, 15) is 4.79 Å². The summed E-state index contributed by atoms with van der Waals surface area (Å²) in [6.07, 6.45) is 1.71. The van der Waals surface area contributed by atoms with Crippen LogP contribution in [0.25, 0.3) is 6.08 Å². The number of anilines is 1. The van der Waals surface area contributed by atoms with Gasteiger partial charge in [-0.3, -0.25) is 0 Å². The Morgan fingerprint density at radius 2 is 1.88 bits per heavy atom. The summed E-state index contributed by atoms with van der Waals surface area (Å²) >= 11 is 3.45.